The summed E-state index contributed by atoms with van der Waals surface area (Å²) in [6.07, 6.45) is 7.70. The summed E-state index contributed by atoms with van der Waals surface area (Å²) in [4.78, 5) is 16.9. The van der Waals surface area contributed by atoms with Gasteiger partial charge in [0.15, 0.2) is 11.5 Å². The molecule has 0 bridgehead atoms. The molecule has 1 aliphatic rings. The van der Waals surface area contributed by atoms with Crippen molar-refractivity contribution in [1.29, 1.82) is 0 Å². The molecule has 5 rings (SSSR count). The van der Waals surface area contributed by atoms with Crippen LogP contribution in [0, 0.1) is 11.7 Å². The zero-order valence-corrected chi connectivity index (χ0v) is 16.5. The van der Waals surface area contributed by atoms with E-state index in [1.165, 1.54) is 12.1 Å². The molecule has 0 radical (unpaired) electrons. The van der Waals surface area contributed by atoms with Crippen molar-refractivity contribution in [3.05, 3.63) is 54.6 Å². The molecule has 0 spiro atoms. The van der Waals surface area contributed by atoms with E-state index in [9.17, 15) is 9.18 Å². The summed E-state index contributed by atoms with van der Waals surface area (Å²) in [6.45, 7) is 0. The molecule has 0 atom stereocenters. The van der Waals surface area contributed by atoms with E-state index in [0.29, 0.717) is 17.2 Å². The Balaban J connectivity index is 1.47. The van der Waals surface area contributed by atoms with Gasteiger partial charge in [0.1, 0.15) is 11.5 Å². The Kier molecular flexibility index (Phi) is 4.54. The summed E-state index contributed by atoms with van der Waals surface area (Å²) in [5.74, 6) is 0.317. The Labute approximate surface area is 172 Å². The van der Waals surface area contributed by atoms with Crippen molar-refractivity contribution in [1.82, 2.24) is 24.4 Å². The standard InChI is InChI=1S/C22H21FN6O/c1-28-12-17(21(27-28)14-6-8-16(23)9-7-14)18-10-11-20-24-19(13-29(20)26-18)25-22(30)15-4-2-3-5-15/h6-13,15H,2-5H2,1H3,(H,25,30). The smallest absolute Gasteiger partial charge is 0.228 e. The number of amides is 1. The molecule has 0 aliphatic heterocycles. The number of hydrogen-bond acceptors (Lipinski definition) is 4. The lowest BCUT2D eigenvalue weighted by Gasteiger charge is -2.07. The van der Waals surface area contributed by atoms with Crippen molar-refractivity contribution in [2.24, 2.45) is 13.0 Å². The second kappa shape index (κ2) is 7.37. The molecular formula is C22H21FN6O. The van der Waals surface area contributed by atoms with Gasteiger partial charge in [-0.2, -0.15) is 10.2 Å². The van der Waals surface area contributed by atoms with Gasteiger partial charge in [-0.05, 0) is 49.2 Å². The van der Waals surface area contributed by atoms with Gasteiger partial charge in [0, 0.05) is 30.3 Å². The molecule has 1 aromatic carbocycles. The van der Waals surface area contributed by atoms with Gasteiger partial charge in [0.05, 0.1) is 11.9 Å². The van der Waals surface area contributed by atoms with Crippen molar-refractivity contribution in [3.8, 4) is 22.5 Å². The third-order valence-corrected chi connectivity index (χ3v) is 5.52. The van der Waals surface area contributed by atoms with Crippen LogP contribution in [0.15, 0.2) is 48.8 Å². The molecule has 0 unspecified atom stereocenters. The number of fused-ring (bicyclic) bond motifs is 1. The average molecular weight is 404 g/mol. The maximum absolute atomic E-state index is 13.3. The van der Waals surface area contributed by atoms with Gasteiger partial charge in [-0.25, -0.2) is 13.9 Å². The Morgan fingerprint density at radius 3 is 2.60 bits per heavy atom. The molecule has 3 aromatic heterocycles. The van der Waals surface area contributed by atoms with Crippen LogP contribution in [0.2, 0.25) is 0 Å². The quantitative estimate of drug-likeness (QED) is 0.556. The van der Waals surface area contributed by atoms with Gasteiger partial charge in [0.25, 0.3) is 0 Å². The van der Waals surface area contributed by atoms with Gasteiger partial charge < -0.3 is 5.32 Å². The minimum Gasteiger partial charge on any atom is -0.309 e. The summed E-state index contributed by atoms with van der Waals surface area (Å²) >= 11 is 0. The van der Waals surface area contributed by atoms with Crippen molar-refractivity contribution in [2.75, 3.05) is 5.32 Å². The van der Waals surface area contributed by atoms with E-state index in [2.05, 4.69) is 20.5 Å². The second-order valence-corrected chi connectivity index (χ2v) is 7.69. The summed E-state index contributed by atoms with van der Waals surface area (Å²) in [5, 5.41) is 12.1. The van der Waals surface area contributed by atoms with Crippen LogP contribution in [0.4, 0.5) is 10.2 Å². The van der Waals surface area contributed by atoms with Gasteiger partial charge in [-0.15, -0.1) is 0 Å². The molecule has 3 heterocycles. The van der Waals surface area contributed by atoms with Gasteiger partial charge in [-0.3, -0.25) is 9.48 Å². The number of aromatic nitrogens is 5. The van der Waals surface area contributed by atoms with Crippen LogP contribution in [0.25, 0.3) is 28.2 Å². The molecule has 1 saturated carbocycles. The highest BCUT2D eigenvalue weighted by molar-refractivity contribution is 5.92. The maximum Gasteiger partial charge on any atom is 0.228 e. The zero-order chi connectivity index (χ0) is 20.7. The van der Waals surface area contributed by atoms with E-state index in [1.807, 2.05) is 25.4 Å². The molecule has 30 heavy (non-hydrogen) atoms. The minimum atomic E-state index is -0.290. The highest BCUT2D eigenvalue weighted by atomic mass is 19.1. The molecule has 1 amide bonds. The number of nitrogens with one attached hydrogen (secondary N) is 1. The van der Waals surface area contributed by atoms with Gasteiger partial charge in [0.2, 0.25) is 5.91 Å². The van der Waals surface area contributed by atoms with Crippen LogP contribution >= 0.6 is 0 Å². The molecule has 8 heteroatoms. The van der Waals surface area contributed by atoms with Crippen molar-refractivity contribution >= 4 is 17.4 Å². The van der Waals surface area contributed by atoms with Gasteiger partial charge >= 0.3 is 0 Å². The second-order valence-electron chi connectivity index (χ2n) is 7.69. The third-order valence-electron chi connectivity index (χ3n) is 5.52. The zero-order valence-electron chi connectivity index (χ0n) is 16.5. The minimum absolute atomic E-state index is 0.0296. The van der Waals surface area contributed by atoms with E-state index in [0.717, 1.165) is 42.5 Å². The number of carbonyl (C=O) groups is 1. The van der Waals surface area contributed by atoms with E-state index >= 15 is 0 Å². The van der Waals surface area contributed by atoms with E-state index < -0.39 is 0 Å². The molecular weight excluding hydrogens is 383 g/mol. The van der Waals surface area contributed by atoms with Crippen LogP contribution in [0.3, 0.4) is 0 Å². The highest BCUT2D eigenvalue weighted by Gasteiger charge is 2.23. The number of imidazole rings is 1. The lowest BCUT2D eigenvalue weighted by molar-refractivity contribution is -0.119. The number of aryl methyl sites for hydroxylation is 1. The largest absolute Gasteiger partial charge is 0.309 e. The fourth-order valence-electron chi connectivity index (χ4n) is 4.00. The normalized spacial score (nSPS) is 14.5. The Hall–Kier alpha value is -3.55. The molecule has 0 saturated heterocycles. The average Bonchev–Trinajstić information content (AvgIpc) is 3.47. The number of anilines is 1. The van der Waals surface area contributed by atoms with E-state index in [4.69, 9.17) is 0 Å². The number of nitrogens with zero attached hydrogens (tertiary/aromatic N) is 5. The monoisotopic (exact) mass is 404 g/mol. The molecule has 152 valence electrons. The first-order valence-electron chi connectivity index (χ1n) is 10.0. The van der Waals surface area contributed by atoms with Crippen molar-refractivity contribution in [3.63, 3.8) is 0 Å². The predicted molar refractivity (Wildman–Crippen MR) is 111 cm³/mol. The molecule has 1 N–H and O–H groups in total. The van der Waals surface area contributed by atoms with Crippen LogP contribution in [0.1, 0.15) is 25.7 Å². The molecule has 7 nitrogen and oxygen atoms in total. The van der Waals surface area contributed by atoms with E-state index in [-0.39, 0.29) is 17.6 Å². The molecule has 1 fully saturated rings. The first-order valence-corrected chi connectivity index (χ1v) is 10.0. The van der Waals surface area contributed by atoms with Crippen LogP contribution < -0.4 is 5.32 Å². The summed E-state index contributed by atoms with van der Waals surface area (Å²) in [7, 11) is 1.84. The van der Waals surface area contributed by atoms with Crippen LogP contribution in [-0.2, 0) is 11.8 Å². The fourth-order valence-corrected chi connectivity index (χ4v) is 4.00. The van der Waals surface area contributed by atoms with Crippen LogP contribution in [-0.4, -0.2) is 30.3 Å². The fraction of sp³-hybridized carbons (Fsp3) is 0.273. The number of carbonyl (C=O) groups excluding carboxylic acids is 1. The maximum atomic E-state index is 13.3. The Morgan fingerprint density at radius 2 is 1.83 bits per heavy atom. The summed E-state index contributed by atoms with van der Waals surface area (Å²) in [5.41, 5.74) is 3.72. The number of benzene rings is 1. The predicted octanol–water partition coefficient (Wildman–Crippen LogP) is 4.06. The van der Waals surface area contributed by atoms with Crippen molar-refractivity contribution < 1.29 is 9.18 Å². The third kappa shape index (κ3) is 3.45. The number of halogens is 1. The summed E-state index contributed by atoms with van der Waals surface area (Å²) < 4.78 is 16.7. The highest BCUT2D eigenvalue weighted by Crippen LogP contribution is 2.30. The number of rotatable bonds is 4. The van der Waals surface area contributed by atoms with E-state index in [1.54, 1.807) is 27.5 Å². The first-order chi connectivity index (χ1) is 14.6. The van der Waals surface area contributed by atoms with Gasteiger partial charge in [-0.1, -0.05) is 12.8 Å². The molecule has 4 aromatic rings. The SMILES string of the molecule is Cn1cc(-c2ccc3nc(NC(=O)C4CCCC4)cn3n2)c(-c2ccc(F)cc2)n1. The number of hydrogen-bond donors (Lipinski definition) is 1. The Morgan fingerprint density at radius 1 is 1.07 bits per heavy atom. The van der Waals surface area contributed by atoms with Crippen LogP contribution in [0.5, 0.6) is 0 Å². The van der Waals surface area contributed by atoms with Crippen molar-refractivity contribution in [2.45, 2.75) is 25.7 Å². The lowest BCUT2D eigenvalue weighted by Crippen LogP contribution is -2.20. The topological polar surface area (TPSA) is 77.1 Å². The lowest BCUT2D eigenvalue weighted by atomic mass is 10.1. The first kappa shape index (κ1) is 18.5. The Bertz CT molecular complexity index is 1220. The summed E-state index contributed by atoms with van der Waals surface area (Å²) in [6, 6.07) is 9.96. The molecule has 1 aliphatic carbocycles.